The molecule has 1 aliphatic carbocycles. The molecule has 1 saturated carbocycles. The van der Waals surface area contributed by atoms with Crippen LogP contribution in [0, 0.1) is 5.92 Å². The molecular weight excluding hydrogens is 200 g/mol. The molecule has 16 heavy (non-hydrogen) atoms. The molecule has 3 heteroatoms. The summed E-state index contributed by atoms with van der Waals surface area (Å²) < 4.78 is 0. The molecule has 0 aromatic heterocycles. The maximum absolute atomic E-state index is 10.1. The van der Waals surface area contributed by atoms with Crippen LogP contribution in [0.3, 0.4) is 0 Å². The number of aliphatic hydroxyl groups is 1. The molecule has 94 valence electrons. The van der Waals surface area contributed by atoms with Crippen LogP contribution in [-0.4, -0.2) is 48.8 Å². The van der Waals surface area contributed by atoms with E-state index in [0.29, 0.717) is 12.0 Å². The van der Waals surface area contributed by atoms with Gasteiger partial charge in [0, 0.05) is 12.6 Å². The summed E-state index contributed by atoms with van der Waals surface area (Å²) in [6.45, 7) is 3.09. The van der Waals surface area contributed by atoms with Gasteiger partial charge in [-0.1, -0.05) is 12.8 Å². The summed E-state index contributed by atoms with van der Waals surface area (Å²) >= 11 is 0. The van der Waals surface area contributed by atoms with Gasteiger partial charge in [0.2, 0.25) is 0 Å². The Kier molecular flexibility index (Phi) is 4.62. The van der Waals surface area contributed by atoms with Crippen molar-refractivity contribution in [2.45, 2.75) is 50.7 Å². The van der Waals surface area contributed by atoms with E-state index in [2.05, 4.69) is 17.3 Å². The first kappa shape index (κ1) is 12.3. The van der Waals surface area contributed by atoms with E-state index < -0.39 is 0 Å². The first-order chi connectivity index (χ1) is 7.75. The zero-order valence-corrected chi connectivity index (χ0v) is 10.5. The summed E-state index contributed by atoms with van der Waals surface area (Å²) in [7, 11) is 2.17. The van der Waals surface area contributed by atoms with E-state index in [9.17, 15) is 5.11 Å². The normalized spacial score (nSPS) is 27.4. The molecule has 0 radical (unpaired) electrons. The van der Waals surface area contributed by atoms with Gasteiger partial charge in [-0.3, -0.25) is 0 Å². The van der Waals surface area contributed by atoms with Crippen LogP contribution in [-0.2, 0) is 0 Å². The predicted molar refractivity (Wildman–Crippen MR) is 66.5 cm³/mol. The van der Waals surface area contributed by atoms with E-state index in [1.165, 1.54) is 25.7 Å². The zero-order valence-electron chi connectivity index (χ0n) is 10.5. The van der Waals surface area contributed by atoms with Crippen LogP contribution in [0.25, 0.3) is 0 Å². The van der Waals surface area contributed by atoms with Gasteiger partial charge in [0.05, 0.1) is 6.10 Å². The molecule has 0 spiro atoms. The molecule has 0 amide bonds. The van der Waals surface area contributed by atoms with E-state index in [1.807, 2.05) is 0 Å². The average Bonchev–Trinajstić information content (AvgIpc) is 2.80. The largest absolute Gasteiger partial charge is 0.392 e. The quantitative estimate of drug-likeness (QED) is 0.756. The Hall–Kier alpha value is -0.120. The Morgan fingerprint density at radius 1 is 1.19 bits per heavy atom. The SMILES string of the molecule is CN1CCC(C(O)CNC2CCCC2)CC1. The highest BCUT2D eigenvalue weighted by Crippen LogP contribution is 2.21. The number of rotatable bonds is 4. The van der Waals surface area contributed by atoms with Crippen LogP contribution in [0.5, 0.6) is 0 Å². The fourth-order valence-corrected chi connectivity index (χ4v) is 3.00. The summed E-state index contributed by atoms with van der Waals surface area (Å²) in [4.78, 5) is 2.35. The van der Waals surface area contributed by atoms with Gasteiger partial charge >= 0.3 is 0 Å². The third kappa shape index (κ3) is 3.44. The minimum atomic E-state index is -0.130. The Balaban J connectivity index is 1.64. The molecule has 0 bridgehead atoms. The fourth-order valence-electron chi connectivity index (χ4n) is 3.00. The lowest BCUT2D eigenvalue weighted by Gasteiger charge is -2.32. The molecular formula is C13H26N2O. The minimum absolute atomic E-state index is 0.130. The van der Waals surface area contributed by atoms with Crippen molar-refractivity contribution in [2.24, 2.45) is 5.92 Å². The molecule has 0 aromatic rings. The second kappa shape index (κ2) is 5.99. The van der Waals surface area contributed by atoms with E-state index in [4.69, 9.17) is 0 Å². The van der Waals surface area contributed by atoms with Crippen LogP contribution in [0.15, 0.2) is 0 Å². The lowest BCUT2D eigenvalue weighted by atomic mass is 9.91. The number of nitrogens with zero attached hydrogens (tertiary/aromatic N) is 1. The van der Waals surface area contributed by atoms with E-state index >= 15 is 0 Å². The van der Waals surface area contributed by atoms with Crippen molar-refractivity contribution in [3.63, 3.8) is 0 Å². The van der Waals surface area contributed by atoms with Gasteiger partial charge in [0.1, 0.15) is 0 Å². The minimum Gasteiger partial charge on any atom is -0.392 e. The molecule has 3 nitrogen and oxygen atoms in total. The number of aliphatic hydroxyl groups excluding tert-OH is 1. The van der Waals surface area contributed by atoms with E-state index in [0.717, 1.165) is 32.5 Å². The van der Waals surface area contributed by atoms with Crippen molar-refractivity contribution in [3.8, 4) is 0 Å². The molecule has 1 heterocycles. The first-order valence-corrected chi connectivity index (χ1v) is 6.85. The Bertz CT molecular complexity index is 196. The standard InChI is InChI=1S/C13H26N2O/c1-15-8-6-11(7-9-15)13(16)10-14-12-4-2-3-5-12/h11-14,16H,2-10H2,1H3. The molecule has 2 aliphatic rings. The van der Waals surface area contributed by atoms with Crippen molar-refractivity contribution in [1.82, 2.24) is 10.2 Å². The summed E-state index contributed by atoms with van der Waals surface area (Å²) in [6, 6.07) is 0.681. The first-order valence-electron chi connectivity index (χ1n) is 6.85. The third-order valence-corrected chi connectivity index (χ3v) is 4.28. The summed E-state index contributed by atoms with van der Waals surface area (Å²) in [5.74, 6) is 0.519. The van der Waals surface area contributed by atoms with Crippen molar-refractivity contribution < 1.29 is 5.11 Å². The predicted octanol–water partition coefficient (Wildman–Crippen LogP) is 1.22. The molecule has 1 atom stereocenters. The van der Waals surface area contributed by atoms with Crippen LogP contribution in [0.4, 0.5) is 0 Å². The third-order valence-electron chi connectivity index (χ3n) is 4.28. The summed E-state index contributed by atoms with van der Waals surface area (Å²) in [5, 5.41) is 13.7. The van der Waals surface area contributed by atoms with Crippen LogP contribution in [0.1, 0.15) is 38.5 Å². The van der Waals surface area contributed by atoms with Gasteiger partial charge in [-0.2, -0.15) is 0 Å². The van der Waals surface area contributed by atoms with Crippen LogP contribution < -0.4 is 5.32 Å². The molecule has 0 aromatic carbocycles. The molecule has 2 rings (SSSR count). The van der Waals surface area contributed by atoms with Gasteiger partial charge in [0.25, 0.3) is 0 Å². The number of hydrogen-bond acceptors (Lipinski definition) is 3. The zero-order chi connectivity index (χ0) is 11.4. The molecule has 2 fully saturated rings. The van der Waals surface area contributed by atoms with Crippen molar-refractivity contribution in [1.29, 1.82) is 0 Å². The van der Waals surface area contributed by atoms with Gasteiger partial charge in [-0.15, -0.1) is 0 Å². The van der Waals surface area contributed by atoms with Gasteiger partial charge < -0.3 is 15.3 Å². The second-order valence-electron chi connectivity index (χ2n) is 5.60. The van der Waals surface area contributed by atoms with Crippen molar-refractivity contribution in [3.05, 3.63) is 0 Å². The lowest BCUT2D eigenvalue weighted by Crippen LogP contribution is -2.41. The van der Waals surface area contributed by atoms with Crippen LogP contribution in [0.2, 0.25) is 0 Å². The maximum Gasteiger partial charge on any atom is 0.0693 e. The highest BCUT2D eigenvalue weighted by atomic mass is 16.3. The Labute approximate surface area is 99.2 Å². The Morgan fingerprint density at radius 3 is 2.44 bits per heavy atom. The van der Waals surface area contributed by atoms with Crippen molar-refractivity contribution in [2.75, 3.05) is 26.7 Å². The summed E-state index contributed by atoms with van der Waals surface area (Å²) in [6.07, 6.45) is 7.52. The molecule has 1 saturated heterocycles. The number of likely N-dealkylation sites (tertiary alicyclic amines) is 1. The van der Waals surface area contributed by atoms with Crippen LogP contribution >= 0.6 is 0 Å². The fraction of sp³-hybridized carbons (Fsp3) is 1.00. The topological polar surface area (TPSA) is 35.5 Å². The van der Waals surface area contributed by atoms with Crippen molar-refractivity contribution >= 4 is 0 Å². The molecule has 1 unspecified atom stereocenters. The number of nitrogens with one attached hydrogen (secondary N) is 1. The smallest absolute Gasteiger partial charge is 0.0693 e. The summed E-state index contributed by atoms with van der Waals surface area (Å²) in [5.41, 5.74) is 0. The molecule has 2 N–H and O–H groups in total. The van der Waals surface area contributed by atoms with Gasteiger partial charge in [0.15, 0.2) is 0 Å². The Morgan fingerprint density at radius 2 is 1.81 bits per heavy atom. The highest BCUT2D eigenvalue weighted by Gasteiger charge is 2.24. The van der Waals surface area contributed by atoms with Gasteiger partial charge in [-0.25, -0.2) is 0 Å². The maximum atomic E-state index is 10.1. The molecule has 1 aliphatic heterocycles. The number of hydrogen-bond donors (Lipinski definition) is 2. The number of piperidine rings is 1. The van der Waals surface area contributed by atoms with Gasteiger partial charge in [-0.05, 0) is 51.7 Å². The second-order valence-corrected chi connectivity index (χ2v) is 5.60. The monoisotopic (exact) mass is 226 g/mol. The lowest BCUT2D eigenvalue weighted by molar-refractivity contribution is 0.0639. The highest BCUT2D eigenvalue weighted by molar-refractivity contribution is 4.80. The van der Waals surface area contributed by atoms with E-state index in [-0.39, 0.29) is 6.10 Å². The van der Waals surface area contributed by atoms with E-state index in [1.54, 1.807) is 0 Å². The average molecular weight is 226 g/mol.